The van der Waals surface area contributed by atoms with E-state index in [2.05, 4.69) is 41.5 Å². The lowest BCUT2D eigenvalue weighted by molar-refractivity contribution is 0.183. The van der Waals surface area contributed by atoms with Crippen LogP contribution < -0.4 is 5.32 Å². The van der Waals surface area contributed by atoms with E-state index >= 15 is 0 Å². The van der Waals surface area contributed by atoms with E-state index in [1.807, 2.05) is 0 Å². The summed E-state index contributed by atoms with van der Waals surface area (Å²) in [6.45, 7) is 3.93. The average Bonchev–Trinajstić information content (AvgIpc) is 2.30. The van der Waals surface area contributed by atoms with Crippen LogP contribution in [0.1, 0.15) is 17.2 Å². The molecule has 3 nitrogen and oxygen atoms in total. The molecule has 16 heavy (non-hydrogen) atoms. The van der Waals surface area contributed by atoms with Crippen molar-refractivity contribution >= 4 is 0 Å². The summed E-state index contributed by atoms with van der Waals surface area (Å²) in [5.41, 5.74) is 2.63. The van der Waals surface area contributed by atoms with Gasteiger partial charge in [0.1, 0.15) is 0 Å². The van der Waals surface area contributed by atoms with Gasteiger partial charge in [0.05, 0.1) is 6.61 Å². The number of benzene rings is 1. The van der Waals surface area contributed by atoms with Crippen LogP contribution in [0, 0.1) is 0 Å². The van der Waals surface area contributed by atoms with Crippen LogP contribution in [0.4, 0.5) is 0 Å². The molecule has 1 aromatic rings. The second kappa shape index (κ2) is 5.43. The predicted octanol–water partition coefficient (Wildman–Crippen LogP) is 1.41. The topological polar surface area (TPSA) is 24.5 Å². The molecule has 0 bridgehead atoms. The molecule has 1 unspecified atom stereocenters. The van der Waals surface area contributed by atoms with Crippen molar-refractivity contribution in [3.63, 3.8) is 0 Å². The fraction of sp³-hybridized carbons (Fsp3) is 0.538. The van der Waals surface area contributed by atoms with E-state index in [-0.39, 0.29) is 0 Å². The first-order valence-corrected chi connectivity index (χ1v) is 5.80. The molecule has 0 amide bonds. The third kappa shape index (κ3) is 2.61. The van der Waals surface area contributed by atoms with Crippen molar-refractivity contribution in [1.82, 2.24) is 10.2 Å². The van der Waals surface area contributed by atoms with Crippen LogP contribution in [0.15, 0.2) is 24.3 Å². The molecule has 0 radical (unpaired) electrons. The number of hydrogen-bond acceptors (Lipinski definition) is 3. The summed E-state index contributed by atoms with van der Waals surface area (Å²) >= 11 is 0. The van der Waals surface area contributed by atoms with Gasteiger partial charge in [0.15, 0.2) is 0 Å². The first kappa shape index (κ1) is 11.6. The van der Waals surface area contributed by atoms with Crippen molar-refractivity contribution in [2.24, 2.45) is 0 Å². The van der Waals surface area contributed by atoms with Crippen LogP contribution >= 0.6 is 0 Å². The number of nitrogens with one attached hydrogen (secondary N) is 1. The first-order chi connectivity index (χ1) is 7.81. The highest BCUT2D eigenvalue weighted by atomic mass is 16.5. The Bertz CT molecular complexity index is 340. The van der Waals surface area contributed by atoms with Crippen LogP contribution in [0.3, 0.4) is 0 Å². The van der Waals surface area contributed by atoms with Crippen molar-refractivity contribution in [3.05, 3.63) is 35.4 Å². The van der Waals surface area contributed by atoms with E-state index in [0.717, 1.165) is 19.6 Å². The van der Waals surface area contributed by atoms with Gasteiger partial charge in [-0.15, -0.1) is 0 Å². The molecule has 1 N–H and O–H groups in total. The minimum atomic E-state index is 0.491. The summed E-state index contributed by atoms with van der Waals surface area (Å²) in [4.78, 5) is 2.41. The molecule has 1 aliphatic rings. The molecule has 1 saturated heterocycles. The SMILES string of the molecule is COCc1cccc(C2CNCCN2C)c1. The van der Waals surface area contributed by atoms with E-state index in [4.69, 9.17) is 4.74 Å². The molecule has 1 fully saturated rings. The molecule has 0 saturated carbocycles. The first-order valence-electron chi connectivity index (χ1n) is 5.80. The van der Waals surface area contributed by atoms with E-state index in [9.17, 15) is 0 Å². The van der Waals surface area contributed by atoms with Gasteiger partial charge in [0.2, 0.25) is 0 Å². The lowest BCUT2D eigenvalue weighted by atomic mass is 10.0. The summed E-state index contributed by atoms with van der Waals surface area (Å²) in [5.74, 6) is 0. The second-order valence-corrected chi connectivity index (χ2v) is 4.38. The van der Waals surface area contributed by atoms with E-state index in [0.29, 0.717) is 12.6 Å². The van der Waals surface area contributed by atoms with Crippen LogP contribution in [-0.2, 0) is 11.3 Å². The fourth-order valence-corrected chi connectivity index (χ4v) is 2.24. The van der Waals surface area contributed by atoms with Crippen LogP contribution in [-0.4, -0.2) is 38.7 Å². The molecule has 2 rings (SSSR count). The summed E-state index contributed by atoms with van der Waals surface area (Å²) in [7, 11) is 3.93. The highest BCUT2D eigenvalue weighted by molar-refractivity contribution is 5.26. The maximum atomic E-state index is 5.17. The van der Waals surface area contributed by atoms with Crippen LogP contribution in [0.5, 0.6) is 0 Å². The lowest BCUT2D eigenvalue weighted by Gasteiger charge is -2.33. The highest BCUT2D eigenvalue weighted by Gasteiger charge is 2.20. The number of likely N-dealkylation sites (N-methyl/N-ethyl adjacent to an activating group) is 1. The van der Waals surface area contributed by atoms with Gasteiger partial charge in [-0.2, -0.15) is 0 Å². The van der Waals surface area contributed by atoms with Crippen molar-refractivity contribution in [3.8, 4) is 0 Å². The van der Waals surface area contributed by atoms with Crippen molar-refractivity contribution in [2.75, 3.05) is 33.8 Å². The Kier molecular flexibility index (Phi) is 3.93. The van der Waals surface area contributed by atoms with Gasteiger partial charge in [-0.25, -0.2) is 0 Å². The number of methoxy groups -OCH3 is 1. The molecular weight excluding hydrogens is 200 g/mol. The molecule has 1 atom stereocenters. The van der Waals surface area contributed by atoms with Crippen molar-refractivity contribution in [1.29, 1.82) is 0 Å². The Morgan fingerprint density at radius 1 is 1.50 bits per heavy atom. The number of hydrogen-bond donors (Lipinski definition) is 1. The van der Waals surface area contributed by atoms with Crippen molar-refractivity contribution < 1.29 is 4.74 Å². The standard InChI is InChI=1S/C13H20N2O/c1-15-7-6-14-9-13(15)12-5-3-4-11(8-12)10-16-2/h3-5,8,13-14H,6-7,9-10H2,1-2H3. The maximum Gasteiger partial charge on any atom is 0.0713 e. The summed E-state index contributed by atoms with van der Waals surface area (Å²) < 4.78 is 5.17. The molecule has 3 heteroatoms. The zero-order valence-corrected chi connectivity index (χ0v) is 10.1. The predicted molar refractivity (Wildman–Crippen MR) is 65.4 cm³/mol. The zero-order chi connectivity index (χ0) is 11.4. The van der Waals surface area contributed by atoms with Crippen LogP contribution in [0.25, 0.3) is 0 Å². The molecule has 0 aromatic heterocycles. The zero-order valence-electron chi connectivity index (χ0n) is 10.1. The Hall–Kier alpha value is -0.900. The van der Waals surface area contributed by atoms with Gasteiger partial charge >= 0.3 is 0 Å². The lowest BCUT2D eigenvalue weighted by Crippen LogP contribution is -2.43. The minimum Gasteiger partial charge on any atom is -0.380 e. The molecule has 1 aliphatic heterocycles. The van der Waals surface area contributed by atoms with E-state index in [1.165, 1.54) is 11.1 Å². The largest absolute Gasteiger partial charge is 0.380 e. The Morgan fingerprint density at radius 3 is 3.12 bits per heavy atom. The quantitative estimate of drug-likeness (QED) is 0.833. The summed E-state index contributed by atoms with van der Waals surface area (Å²) in [6.07, 6.45) is 0. The maximum absolute atomic E-state index is 5.17. The van der Waals surface area contributed by atoms with E-state index < -0.39 is 0 Å². The van der Waals surface area contributed by atoms with Crippen LogP contribution in [0.2, 0.25) is 0 Å². The Balaban J connectivity index is 2.15. The monoisotopic (exact) mass is 220 g/mol. The fourth-order valence-electron chi connectivity index (χ4n) is 2.24. The van der Waals surface area contributed by atoms with Gasteiger partial charge < -0.3 is 10.1 Å². The summed E-state index contributed by atoms with van der Waals surface area (Å²) in [6, 6.07) is 9.17. The van der Waals surface area contributed by atoms with Crippen molar-refractivity contribution in [2.45, 2.75) is 12.6 Å². The average molecular weight is 220 g/mol. The molecule has 0 aliphatic carbocycles. The summed E-state index contributed by atoms with van der Waals surface area (Å²) in [5, 5.41) is 3.44. The van der Waals surface area contributed by atoms with Gasteiger partial charge in [-0.05, 0) is 18.2 Å². The number of ether oxygens (including phenoxy) is 1. The third-order valence-electron chi connectivity index (χ3n) is 3.16. The molecule has 88 valence electrons. The highest BCUT2D eigenvalue weighted by Crippen LogP contribution is 2.21. The molecule has 1 heterocycles. The Labute approximate surface area is 97.4 Å². The number of nitrogens with zero attached hydrogens (tertiary/aromatic N) is 1. The normalized spacial score (nSPS) is 22.2. The van der Waals surface area contributed by atoms with E-state index in [1.54, 1.807) is 7.11 Å². The minimum absolute atomic E-state index is 0.491. The van der Waals surface area contributed by atoms with Gasteiger partial charge in [0.25, 0.3) is 0 Å². The smallest absolute Gasteiger partial charge is 0.0713 e. The number of piperazine rings is 1. The van der Waals surface area contributed by atoms with Gasteiger partial charge in [-0.1, -0.05) is 24.3 Å². The molecule has 1 aromatic carbocycles. The molecular formula is C13H20N2O. The Morgan fingerprint density at radius 2 is 2.38 bits per heavy atom. The second-order valence-electron chi connectivity index (χ2n) is 4.38. The van der Waals surface area contributed by atoms with Gasteiger partial charge in [-0.3, -0.25) is 4.90 Å². The molecule has 0 spiro atoms. The third-order valence-corrected chi connectivity index (χ3v) is 3.16. The number of rotatable bonds is 3. The van der Waals surface area contributed by atoms with Gasteiger partial charge in [0, 0.05) is 32.8 Å².